The molecule has 2 N–H and O–H groups in total. The van der Waals surface area contributed by atoms with Crippen LogP contribution in [0.5, 0.6) is 0 Å². The van der Waals surface area contributed by atoms with Gasteiger partial charge in [0.25, 0.3) is 0 Å². The van der Waals surface area contributed by atoms with E-state index >= 15 is 0 Å². The summed E-state index contributed by atoms with van der Waals surface area (Å²) in [4.78, 5) is 9.30. The van der Waals surface area contributed by atoms with Crippen molar-refractivity contribution < 1.29 is 0 Å². The Balaban J connectivity index is 2.06. The molecule has 0 spiro atoms. The van der Waals surface area contributed by atoms with E-state index in [1.54, 1.807) is 0 Å². The molecule has 1 saturated heterocycles. The number of anilines is 1. The molecule has 0 saturated carbocycles. The highest BCUT2D eigenvalue weighted by atomic mass is 15.3. The monoisotopic (exact) mass is 234 g/mol. The number of pyridine rings is 1. The Hall–Kier alpha value is -1.13. The van der Waals surface area contributed by atoms with Gasteiger partial charge in [-0.15, -0.1) is 0 Å². The van der Waals surface area contributed by atoms with Crippen LogP contribution in [0, 0.1) is 0 Å². The molecule has 0 aromatic carbocycles. The van der Waals surface area contributed by atoms with Crippen molar-refractivity contribution in [1.82, 2.24) is 9.88 Å². The lowest BCUT2D eigenvalue weighted by molar-refractivity contribution is 0.213. The fourth-order valence-electron chi connectivity index (χ4n) is 2.32. The van der Waals surface area contributed by atoms with Gasteiger partial charge in [0.2, 0.25) is 0 Å². The summed E-state index contributed by atoms with van der Waals surface area (Å²) < 4.78 is 0. The van der Waals surface area contributed by atoms with Gasteiger partial charge in [-0.25, -0.2) is 4.98 Å². The lowest BCUT2D eigenvalue weighted by Crippen LogP contribution is -2.51. The summed E-state index contributed by atoms with van der Waals surface area (Å²) in [6, 6.07) is 4.79. The Labute approximate surface area is 103 Å². The van der Waals surface area contributed by atoms with Crippen LogP contribution in [-0.2, 0) is 6.54 Å². The Kier molecular flexibility index (Phi) is 3.97. The minimum atomic E-state index is 0.563. The van der Waals surface area contributed by atoms with Gasteiger partial charge in [-0.2, -0.15) is 0 Å². The number of hydrogen-bond acceptors (Lipinski definition) is 4. The van der Waals surface area contributed by atoms with Gasteiger partial charge in [-0.1, -0.05) is 13.0 Å². The lowest BCUT2D eigenvalue weighted by atomic mass is 10.1. The Morgan fingerprint density at radius 1 is 1.41 bits per heavy atom. The molecule has 0 aliphatic carbocycles. The van der Waals surface area contributed by atoms with E-state index in [2.05, 4.69) is 40.9 Å². The summed E-state index contributed by atoms with van der Waals surface area (Å²) in [7, 11) is 2.20. The average Bonchev–Trinajstić information content (AvgIpc) is 2.39. The number of aromatic nitrogens is 1. The predicted molar refractivity (Wildman–Crippen MR) is 71.1 cm³/mol. The molecule has 4 nitrogen and oxygen atoms in total. The highest BCUT2D eigenvalue weighted by Gasteiger charge is 2.23. The predicted octanol–water partition coefficient (Wildman–Crippen LogP) is 1.07. The molecule has 1 atom stereocenters. The molecule has 94 valence electrons. The third-order valence-corrected chi connectivity index (χ3v) is 3.62. The molecule has 1 aliphatic heterocycles. The quantitative estimate of drug-likeness (QED) is 0.850. The van der Waals surface area contributed by atoms with Gasteiger partial charge >= 0.3 is 0 Å². The molecular formula is C13H22N4. The standard InChI is InChI=1S/C13H22N4/c1-3-12-10-17(7-6-16(12)2)13-5-4-11(8-14)9-15-13/h4-5,9,12H,3,6-8,10,14H2,1-2H3. The Morgan fingerprint density at radius 2 is 2.24 bits per heavy atom. The van der Waals surface area contributed by atoms with E-state index < -0.39 is 0 Å². The summed E-state index contributed by atoms with van der Waals surface area (Å²) in [5, 5.41) is 0. The molecule has 2 heterocycles. The number of rotatable bonds is 3. The second kappa shape index (κ2) is 5.47. The molecule has 1 fully saturated rings. The zero-order valence-corrected chi connectivity index (χ0v) is 10.8. The van der Waals surface area contributed by atoms with Crippen molar-refractivity contribution >= 4 is 5.82 Å². The van der Waals surface area contributed by atoms with Crippen LogP contribution < -0.4 is 10.6 Å². The molecule has 4 heteroatoms. The van der Waals surface area contributed by atoms with Crippen LogP contribution in [-0.4, -0.2) is 42.6 Å². The third kappa shape index (κ3) is 2.76. The van der Waals surface area contributed by atoms with Crippen LogP contribution in [0.3, 0.4) is 0 Å². The fraction of sp³-hybridized carbons (Fsp3) is 0.615. The fourth-order valence-corrected chi connectivity index (χ4v) is 2.32. The number of nitrogens with zero attached hydrogens (tertiary/aromatic N) is 3. The lowest BCUT2D eigenvalue weighted by Gasteiger charge is -2.39. The zero-order chi connectivity index (χ0) is 12.3. The van der Waals surface area contributed by atoms with Crippen molar-refractivity contribution in [2.75, 3.05) is 31.6 Å². The van der Waals surface area contributed by atoms with E-state index in [0.29, 0.717) is 12.6 Å². The summed E-state index contributed by atoms with van der Waals surface area (Å²) in [5.41, 5.74) is 6.67. The Morgan fingerprint density at radius 3 is 2.82 bits per heavy atom. The SMILES string of the molecule is CCC1CN(c2ccc(CN)cn2)CCN1C. The van der Waals surface area contributed by atoms with E-state index in [1.807, 2.05) is 6.20 Å². The molecule has 1 aromatic rings. The molecule has 2 rings (SSSR count). The van der Waals surface area contributed by atoms with Crippen LogP contribution in [0.25, 0.3) is 0 Å². The first kappa shape index (κ1) is 12.3. The zero-order valence-electron chi connectivity index (χ0n) is 10.8. The molecule has 1 aromatic heterocycles. The van der Waals surface area contributed by atoms with Crippen molar-refractivity contribution in [3.05, 3.63) is 23.9 Å². The van der Waals surface area contributed by atoms with Crippen LogP contribution >= 0.6 is 0 Å². The molecular weight excluding hydrogens is 212 g/mol. The van der Waals surface area contributed by atoms with Crippen LogP contribution in [0.1, 0.15) is 18.9 Å². The maximum absolute atomic E-state index is 5.58. The molecule has 0 amide bonds. The first-order valence-corrected chi connectivity index (χ1v) is 6.34. The smallest absolute Gasteiger partial charge is 0.128 e. The van der Waals surface area contributed by atoms with Gasteiger partial charge in [0.05, 0.1) is 0 Å². The summed E-state index contributed by atoms with van der Waals surface area (Å²) in [6.45, 7) is 6.05. The van der Waals surface area contributed by atoms with Crippen molar-refractivity contribution in [3.8, 4) is 0 Å². The van der Waals surface area contributed by atoms with Gasteiger partial charge in [0, 0.05) is 38.4 Å². The van der Waals surface area contributed by atoms with Crippen molar-refractivity contribution in [3.63, 3.8) is 0 Å². The van der Waals surface area contributed by atoms with E-state index in [1.165, 1.54) is 6.42 Å². The number of hydrogen-bond donors (Lipinski definition) is 1. The first-order chi connectivity index (χ1) is 8.24. The number of likely N-dealkylation sites (N-methyl/N-ethyl adjacent to an activating group) is 1. The normalized spacial score (nSPS) is 21.8. The van der Waals surface area contributed by atoms with Gasteiger partial charge < -0.3 is 10.6 Å². The van der Waals surface area contributed by atoms with Gasteiger partial charge in [0.1, 0.15) is 5.82 Å². The summed E-state index contributed by atoms with van der Waals surface area (Å²) >= 11 is 0. The number of nitrogens with two attached hydrogens (primary N) is 1. The van der Waals surface area contributed by atoms with Crippen LogP contribution in [0.4, 0.5) is 5.82 Å². The van der Waals surface area contributed by atoms with Gasteiger partial charge in [-0.05, 0) is 25.1 Å². The van der Waals surface area contributed by atoms with E-state index in [4.69, 9.17) is 5.73 Å². The molecule has 17 heavy (non-hydrogen) atoms. The number of piperazine rings is 1. The first-order valence-electron chi connectivity index (χ1n) is 6.34. The van der Waals surface area contributed by atoms with Crippen molar-refractivity contribution in [1.29, 1.82) is 0 Å². The average molecular weight is 234 g/mol. The van der Waals surface area contributed by atoms with Gasteiger partial charge in [-0.3, -0.25) is 4.90 Å². The van der Waals surface area contributed by atoms with Crippen molar-refractivity contribution in [2.45, 2.75) is 25.9 Å². The second-order valence-electron chi connectivity index (χ2n) is 4.72. The third-order valence-electron chi connectivity index (χ3n) is 3.62. The minimum Gasteiger partial charge on any atom is -0.354 e. The highest BCUT2D eigenvalue weighted by Crippen LogP contribution is 2.17. The van der Waals surface area contributed by atoms with Gasteiger partial charge in [0.15, 0.2) is 0 Å². The van der Waals surface area contributed by atoms with Crippen molar-refractivity contribution in [2.24, 2.45) is 5.73 Å². The molecule has 0 bridgehead atoms. The maximum Gasteiger partial charge on any atom is 0.128 e. The second-order valence-corrected chi connectivity index (χ2v) is 4.72. The summed E-state index contributed by atoms with van der Waals surface area (Å²) in [5.74, 6) is 1.08. The van der Waals surface area contributed by atoms with E-state index in [9.17, 15) is 0 Å². The molecule has 1 aliphatic rings. The van der Waals surface area contributed by atoms with Crippen LogP contribution in [0.15, 0.2) is 18.3 Å². The highest BCUT2D eigenvalue weighted by molar-refractivity contribution is 5.40. The Bertz CT molecular complexity index is 349. The molecule has 0 radical (unpaired) electrons. The summed E-state index contributed by atoms with van der Waals surface area (Å²) in [6.07, 6.45) is 3.07. The van der Waals surface area contributed by atoms with E-state index in [-0.39, 0.29) is 0 Å². The minimum absolute atomic E-state index is 0.563. The molecule has 1 unspecified atom stereocenters. The topological polar surface area (TPSA) is 45.4 Å². The largest absolute Gasteiger partial charge is 0.354 e. The van der Waals surface area contributed by atoms with E-state index in [0.717, 1.165) is 31.0 Å². The van der Waals surface area contributed by atoms with Crippen LogP contribution in [0.2, 0.25) is 0 Å². The maximum atomic E-state index is 5.58.